The number of amides is 1. The van der Waals surface area contributed by atoms with Crippen molar-refractivity contribution < 1.29 is 13.2 Å². The Hall–Kier alpha value is -1.71. The molecule has 1 aromatic carbocycles. The van der Waals surface area contributed by atoms with E-state index in [1.165, 1.54) is 19.2 Å². The fourth-order valence-corrected chi connectivity index (χ4v) is 3.59. The number of carbonyl (C=O) groups is 1. The highest BCUT2D eigenvalue weighted by Gasteiger charge is 2.19. The van der Waals surface area contributed by atoms with Crippen LogP contribution in [0.4, 0.5) is 0 Å². The highest BCUT2D eigenvalue weighted by atomic mass is 79.9. The molecule has 0 atom stereocenters. The number of halogens is 1. The molecule has 0 bridgehead atoms. The number of hydrogen-bond acceptors (Lipinski definition) is 4. The predicted octanol–water partition coefficient (Wildman–Crippen LogP) is 2.13. The fourth-order valence-electron chi connectivity index (χ4n) is 2.05. The van der Waals surface area contributed by atoms with E-state index in [0.29, 0.717) is 10.2 Å². The first kappa shape index (κ1) is 18.6. The van der Waals surface area contributed by atoms with Crippen LogP contribution >= 0.6 is 15.9 Å². The number of nitrogens with one attached hydrogen (secondary N) is 3. The van der Waals surface area contributed by atoms with Crippen LogP contribution in [0.15, 0.2) is 33.6 Å². The number of rotatable bonds is 6. The van der Waals surface area contributed by atoms with Gasteiger partial charge in [-0.15, -0.1) is 0 Å². The minimum Gasteiger partial charge on any atom is -0.347 e. The molecule has 130 valence electrons. The van der Waals surface area contributed by atoms with E-state index < -0.39 is 10.0 Å². The highest BCUT2D eigenvalue weighted by Crippen LogP contribution is 2.25. The molecule has 0 radical (unpaired) electrons. The Balaban J connectivity index is 2.04. The molecule has 2 aromatic rings. The van der Waals surface area contributed by atoms with Gasteiger partial charge in [-0.05, 0) is 46.6 Å². The lowest BCUT2D eigenvalue weighted by Crippen LogP contribution is -2.23. The van der Waals surface area contributed by atoms with Crippen LogP contribution in [0.2, 0.25) is 0 Å². The quantitative estimate of drug-likeness (QED) is 0.673. The lowest BCUT2D eigenvalue weighted by molar-refractivity contribution is 0.0945. The zero-order valence-electron chi connectivity index (χ0n) is 13.6. The zero-order valence-corrected chi connectivity index (χ0v) is 16.0. The number of benzene rings is 1. The summed E-state index contributed by atoms with van der Waals surface area (Å²) in [5, 5.41) is 9.65. The number of aromatic nitrogens is 2. The fraction of sp³-hybridized carbons (Fsp3) is 0.333. The molecule has 1 amide bonds. The minimum atomic E-state index is -3.46. The van der Waals surface area contributed by atoms with Crippen molar-refractivity contribution in [1.82, 2.24) is 20.2 Å². The molecular formula is C15H19BrN4O3S. The Kier molecular flexibility index (Phi) is 5.79. The molecule has 7 nitrogen and oxygen atoms in total. The van der Waals surface area contributed by atoms with Crippen LogP contribution < -0.4 is 10.0 Å². The molecule has 0 saturated carbocycles. The number of H-pyrrole nitrogens is 1. The third kappa shape index (κ3) is 4.03. The molecule has 0 aliphatic rings. The second-order valence-corrected chi connectivity index (χ2v) is 8.17. The maximum Gasteiger partial charge on any atom is 0.273 e. The van der Waals surface area contributed by atoms with Gasteiger partial charge in [0.2, 0.25) is 10.0 Å². The third-order valence-electron chi connectivity index (χ3n) is 3.48. The molecule has 2 rings (SSSR count). The molecule has 9 heteroatoms. The number of sulfonamides is 1. The van der Waals surface area contributed by atoms with Crippen LogP contribution in [0.25, 0.3) is 0 Å². The SMILES string of the molecule is CNS(=O)(=O)c1ccc(CNC(=O)c2n[nH]c(C(C)C)c2Br)cc1. The summed E-state index contributed by atoms with van der Waals surface area (Å²) >= 11 is 3.39. The van der Waals surface area contributed by atoms with Gasteiger partial charge in [0.25, 0.3) is 5.91 Å². The summed E-state index contributed by atoms with van der Waals surface area (Å²) in [6, 6.07) is 6.30. The van der Waals surface area contributed by atoms with Gasteiger partial charge in [-0.1, -0.05) is 26.0 Å². The topological polar surface area (TPSA) is 104 Å². The van der Waals surface area contributed by atoms with E-state index >= 15 is 0 Å². The van der Waals surface area contributed by atoms with Crippen LogP contribution in [0.1, 0.15) is 41.5 Å². The van der Waals surface area contributed by atoms with Crippen molar-refractivity contribution in [3.63, 3.8) is 0 Å². The highest BCUT2D eigenvalue weighted by molar-refractivity contribution is 9.10. The molecule has 0 aliphatic carbocycles. The van der Waals surface area contributed by atoms with Crippen molar-refractivity contribution in [2.75, 3.05) is 7.05 Å². The molecule has 1 heterocycles. The van der Waals surface area contributed by atoms with Gasteiger partial charge >= 0.3 is 0 Å². The van der Waals surface area contributed by atoms with Gasteiger partial charge in [-0.3, -0.25) is 9.89 Å². The standard InChI is InChI=1S/C15H19BrN4O3S/c1-9(2)13-12(16)14(20-19-13)15(21)18-8-10-4-6-11(7-5-10)24(22,23)17-3/h4-7,9,17H,8H2,1-3H3,(H,18,21)(H,19,20). The normalized spacial score (nSPS) is 11.7. The summed E-state index contributed by atoms with van der Waals surface area (Å²) in [6.07, 6.45) is 0. The van der Waals surface area contributed by atoms with Crippen molar-refractivity contribution in [2.45, 2.75) is 31.2 Å². The number of hydrogen-bond donors (Lipinski definition) is 3. The van der Waals surface area contributed by atoms with E-state index in [1.807, 2.05) is 13.8 Å². The van der Waals surface area contributed by atoms with Gasteiger partial charge in [0.05, 0.1) is 15.1 Å². The van der Waals surface area contributed by atoms with Crippen molar-refractivity contribution in [3.05, 3.63) is 45.7 Å². The summed E-state index contributed by atoms with van der Waals surface area (Å²) in [5.41, 5.74) is 1.95. The second kappa shape index (κ2) is 7.45. The van der Waals surface area contributed by atoms with E-state index in [0.717, 1.165) is 11.3 Å². The average Bonchev–Trinajstić information content (AvgIpc) is 2.95. The average molecular weight is 415 g/mol. The summed E-state index contributed by atoms with van der Waals surface area (Å²) in [5.74, 6) is -0.0907. The molecule has 0 fully saturated rings. The van der Waals surface area contributed by atoms with Crippen LogP contribution in [-0.4, -0.2) is 31.6 Å². The van der Waals surface area contributed by atoms with Crippen molar-refractivity contribution >= 4 is 31.9 Å². The van der Waals surface area contributed by atoms with Gasteiger partial charge in [-0.2, -0.15) is 5.10 Å². The summed E-state index contributed by atoms with van der Waals surface area (Å²) in [4.78, 5) is 12.4. The Labute approximate surface area is 149 Å². The van der Waals surface area contributed by atoms with Crippen LogP contribution in [0, 0.1) is 0 Å². The van der Waals surface area contributed by atoms with E-state index in [1.54, 1.807) is 12.1 Å². The monoisotopic (exact) mass is 414 g/mol. The Morgan fingerprint density at radius 3 is 2.42 bits per heavy atom. The molecule has 0 saturated heterocycles. The molecular weight excluding hydrogens is 396 g/mol. The van der Waals surface area contributed by atoms with E-state index in [-0.39, 0.29) is 23.3 Å². The van der Waals surface area contributed by atoms with Gasteiger partial charge in [0.1, 0.15) is 0 Å². The largest absolute Gasteiger partial charge is 0.347 e. The second-order valence-electron chi connectivity index (χ2n) is 5.49. The summed E-state index contributed by atoms with van der Waals surface area (Å²) in [7, 11) is -2.10. The lowest BCUT2D eigenvalue weighted by atomic mass is 10.1. The van der Waals surface area contributed by atoms with Crippen LogP contribution in [0.5, 0.6) is 0 Å². The zero-order chi connectivity index (χ0) is 17.9. The summed E-state index contributed by atoms with van der Waals surface area (Å²) < 4.78 is 26.2. The smallest absolute Gasteiger partial charge is 0.273 e. The first-order valence-corrected chi connectivity index (χ1v) is 9.58. The predicted molar refractivity (Wildman–Crippen MR) is 94.2 cm³/mol. The maximum absolute atomic E-state index is 12.2. The van der Waals surface area contributed by atoms with E-state index in [4.69, 9.17) is 0 Å². The number of aromatic amines is 1. The van der Waals surface area contributed by atoms with Crippen LogP contribution in [0.3, 0.4) is 0 Å². The Morgan fingerprint density at radius 1 is 1.29 bits per heavy atom. The van der Waals surface area contributed by atoms with Crippen molar-refractivity contribution in [1.29, 1.82) is 0 Å². The van der Waals surface area contributed by atoms with E-state index in [9.17, 15) is 13.2 Å². The third-order valence-corrected chi connectivity index (χ3v) is 5.71. The van der Waals surface area contributed by atoms with Gasteiger partial charge in [0, 0.05) is 6.54 Å². The number of carbonyl (C=O) groups excluding carboxylic acids is 1. The molecule has 24 heavy (non-hydrogen) atoms. The first-order chi connectivity index (χ1) is 11.3. The molecule has 0 unspecified atom stereocenters. The molecule has 0 aliphatic heterocycles. The molecule has 3 N–H and O–H groups in total. The van der Waals surface area contributed by atoms with Gasteiger partial charge in [0.15, 0.2) is 5.69 Å². The van der Waals surface area contributed by atoms with Crippen molar-refractivity contribution in [2.24, 2.45) is 0 Å². The van der Waals surface area contributed by atoms with Crippen molar-refractivity contribution in [3.8, 4) is 0 Å². The first-order valence-electron chi connectivity index (χ1n) is 7.30. The Morgan fingerprint density at radius 2 is 1.92 bits per heavy atom. The van der Waals surface area contributed by atoms with Gasteiger partial charge < -0.3 is 5.32 Å². The molecule has 1 aromatic heterocycles. The lowest BCUT2D eigenvalue weighted by Gasteiger charge is -2.06. The van der Waals surface area contributed by atoms with Crippen LogP contribution in [-0.2, 0) is 16.6 Å². The summed E-state index contributed by atoms with van der Waals surface area (Å²) in [6.45, 7) is 4.27. The van der Waals surface area contributed by atoms with E-state index in [2.05, 4.69) is 36.2 Å². The maximum atomic E-state index is 12.2. The Bertz CT molecular complexity index is 829. The minimum absolute atomic E-state index is 0.177. The molecule has 0 spiro atoms. The number of nitrogens with zero attached hydrogens (tertiary/aromatic N) is 1. The van der Waals surface area contributed by atoms with Gasteiger partial charge in [-0.25, -0.2) is 13.1 Å².